The van der Waals surface area contributed by atoms with Crippen molar-refractivity contribution in [2.75, 3.05) is 19.8 Å². The van der Waals surface area contributed by atoms with E-state index in [2.05, 4.69) is 10.5 Å². The number of nitrogens with zero attached hydrogens (tertiary/aromatic N) is 2. The zero-order valence-electron chi connectivity index (χ0n) is 19.2. The van der Waals surface area contributed by atoms with Gasteiger partial charge in [-0.25, -0.2) is 5.43 Å². The molecule has 7 heteroatoms. The molecule has 0 radical (unpaired) electrons. The Morgan fingerprint density at radius 1 is 0.971 bits per heavy atom. The minimum atomic E-state index is -0.935. The van der Waals surface area contributed by atoms with E-state index in [1.165, 1.54) is 6.21 Å². The lowest BCUT2D eigenvalue weighted by Crippen LogP contribution is -2.24. The van der Waals surface area contributed by atoms with E-state index in [4.69, 9.17) is 14.2 Å². The van der Waals surface area contributed by atoms with Gasteiger partial charge in [-0.05, 0) is 54.8 Å². The van der Waals surface area contributed by atoms with Gasteiger partial charge in [-0.2, -0.15) is 10.4 Å². The monoisotopic (exact) mass is 457 g/mol. The first-order valence-corrected chi connectivity index (χ1v) is 11.0. The maximum absolute atomic E-state index is 12.4. The second kappa shape index (κ2) is 12.7. The number of rotatable bonds is 11. The van der Waals surface area contributed by atoms with Crippen LogP contribution in [0.1, 0.15) is 29.5 Å². The number of hydrogen-bond donors (Lipinski definition) is 1. The van der Waals surface area contributed by atoms with Crippen molar-refractivity contribution < 1.29 is 19.0 Å². The van der Waals surface area contributed by atoms with E-state index in [-0.39, 0.29) is 0 Å². The van der Waals surface area contributed by atoms with Crippen molar-refractivity contribution in [3.8, 4) is 23.3 Å². The fourth-order valence-corrected chi connectivity index (χ4v) is 3.18. The lowest BCUT2D eigenvalue weighted by atomic mass is 10.0. The predicted octanol–water partition coefficient (Wildman–Crippen LogP) is 4.61. The fourth-order valence-electron chi connectivity index (χ4n) is 3.18. The van der Waals surface area contributed by atoms with Crippen LogP contribution in [0.4, 0.5) is 0 Å². The third kappa shape index (κ3) is 6.84. The van der Waals surface area contributed by atoms with Crippen molar-refractivity contribution in [3.05, 3.63) is 89.5 Å². The van der Waals surface area contributed by atoms with E-state index in [0.717, 1.165) is 11.3 Å². The largest absolute Gasteiger partial charge is 0.490 e. The predicted molar refractivity (Wildman–Crippen MR) is 130 cm³/mol. The Morgan fingerprint density at radius 3 is 2.38 bits per heavy atom. The molecular formula is C27H27N3O4. The number of carbonyl (C=O) groups excluding carboxylic acids is 1. The average molecular weight is 458 g/mol. The zero-order chi connectivity index (χ0) is 24.2. The maximum Gasteiger partial charge on any atom is 0.261 e. The van der Waals surface area contributed by atoms with E-state index < -0.39 is 11.8 Å². The van der Waals surface area contributed by atoms with Crippen LogP contribution in [-0.4, -0.2) is 31.9 Å². The topological polar surface area (TPSA) is 92.9 Å². The number of nitrogens with one attached hydrogen (secondary N) is 1. The van der Waals surface area contributed by atoms with Gasteiger partial charge in [-0.15, -0.1) is 0 Å². The van der Waals surface area contributed by atoms with Crippen LogP contribution in [0.2, 0.25) is 0 Å². The summed E-state index contributed by atoms with van der Waals surface area (Å²) in [4.78, 5) is 12.4. The molecule has 0 unspecified atom stereocenters. The van der Waals surface area contributed by atoms with E-state index in [9.17, 15) is 10.1 Å². The van der Waals surface area contributed by atoms with Gasteiger partial charge < -0.3 is 14.2 Å². The summed E-state index contributed by atoms with van der Waals surface area (Å²) in [5.41, 5.74) is 4.82. The number of nitriles is 1. The first kappa shape index (κ1) is 24.3. The highest BCUT2D eigenvalue weighted by Crippen LogP contribution is 2.28. The van der Waals surface area contributed by atoms with E-state index in [0.29, 0.717) is 42.4 Å². The summed E-state index contributed by atoms with van der Waals surface area (Å²) in [5.74, 6) is 0.548. The van der Waals surface area contributed by atoms with Crippen LogP contribution in [-0.2, 0) is 4.79 Å². The summed E-state index contributed by atoms with van der Waals surface area (Å²) in [5, 5.41) is 13.3. The number of ether oxygens (including phenoxy) is 3. The normalized spacial score (nSPS) is 11.4. The van der Waals surface area contributed by atoms with Gasteiger partial charge in [0, 0.05) is 0 Å². The zero-order valence-corrected chi connectivity index (χ0v) is 19.2. The minimum absolute atomic E-state index is 0.354. The van der Waals surface area contributed by atoms with Crippen molar-refractivity contribution >= 4 is 12.1 Å². The van der Waals surface area contributed by atoms with Crippen molar-refractivity contribution in [3.63, 3.8) is 0 Å². The maximum atomic E-state index is 12.4. The van der Waals surface area contributed by atoms with Crippen LogP contribution >= 0.6 is 0 Å². The first-order chi connectivity index (χ1) is 16.6. The standard InChI is InChI=1S/C27H27N3O4/c1-3-32-26-17-21(19-29-30-27(31)23(18-28)22-10-5-4-6-11-22)13-14-25(26)34-16-15-33-24-12-8-7-9-20(24)2/h4-14,17,19,23H,3,15-16H2,1-2H3,(H,30,31)/b29-19-/t23-/m1/s1. The second-order valence-electron chi connectivity index (χ2n) is 7.31. The molecule has 1 amide bonds. The van der Waals surface area contributed by atoms with Gasteiger partial charge in [0.25, 0.3) is 5.91 Å². The number of para-hydroxylation sites is 1. The molecular weight excluding hydrogens is 430 g/mol. The highest BCUT2D eigenvalue weighted by atomic mass is 16.5. The van der Waals surface area contributed by atoms with E-state index in [1.54, 1.807) is 42.5 Å². The quantitative estimate of drug-likeness (QED) is 0.258. The molecule has 0 saturated carbocycles. The summed E-state index contributed by atoms with van der Waals surface area (Å²) in [6.07, 6.45) is 1.49. The van der Waals surface area contributed by atoms with Gasteiger partial charge >= 0.3 is 0 Å². The summed E-state index contributed by atoms with van der Waals surface area (Å²) in [6, 6.07) is 24.0. The highest BCUT2D eigenvalue weighted by molar-refractivity contribution is 5.88. The number of hydrogen-bond acceptors (Lipinski definition) is 6. The van der Waals surface area contributed by atoms with E-state index >= 15 is 0 Å². The molecule has 7 nitrogen and oxygen atoms in total. The van der Waals surface area contributed by atoms with Crippen molar-refractivity contribution in [1.29, 1.82) is 5.26 Å². The van der Waals surface area contributed by atoms with Gasteiger partial charge in [0.2, 0.25) is 0 Å². The Morgan fingerprint density at radius 2 is 1.68 bits per heavy atom. The molecule has 1 atom stereocenters. The Labute approximate surface area is 199 Å². The summed E-state index contributed by atoms with van der Waals surface area (Å²) in [6.45, 7) is 5.10. The molecule has 0 aromatic heterocycles. The van der Waals surface area contributed by atoms with Gasteiger partial charge in [0.1, 0.15) is 19.0 Å². The SMILES string of the molecule is CCOc1cc(/C=N\NC(=O)[C@H](C#N)c2ccccc2)ccc1OCCOc1ccccc1C. The van der Waals surface area contributed by atoms with Crippen LogP contribution in [0.25, 0.3) is 0 Å². The summed E-state index contributed by atoms with van der Waals surface area (Å²) in [7, 11) is 0. The number of hydrazone groups is 1. The Bertz CT molecular complexity index is 1160. The third-order valence-corrected chi connectivity index (χ3v) is 4.87. The van der Waals surface area contributed by atoms with Crippen LogP contribution in [0.15, 0.2) is 77.9 Å². The Kier molecular flexibility index (Phi) is 9.06. The molecule has 1 N–H and O–H groups in total. The van der Waals surface area contributed by atoms with Gasteiger partial charge in [-0.3, -0.25) is 4.79 Å². The van der Waals surface area contributed by atoms with Crippen LogP contribution in [0, 0.1) is 18.3 Å². The summed E-state index contributed by atoms with van der Waals surface area (Å²) >= 11 is 0. The fraction of sp³-hybridized carbons (Fsp3) is 0.222. The van der Waals surface area contributed by atoms with Crippen LogP contribution < -0.4 is 19.6 Å². The van der Waals surface area contributed by atoms with E-state index in [1.807, 2.05) is 50.2 Å². The molecule has 0 spiro atoms. The number of carbonyl (C=O) groups is 1. The van der Waals surface area contributed by atoms with Crippen molar-refractivity contribution in [1.82, 2.24) is 5.43 Å². The smallest absolute Gasteiger partial charge is 0.261 e. The molecule has 0 fully saturated rings. The molecule has 3 aromatic rings. The number of amides is 1. The van der Waals surface area contributed by atoms with Gasteiger partial charge in [0.05, 0.1) is 18.9 Å². The molecule has 3 rings (SSSR count). The number of aryl methyl sites for hydroxylation is 1. The van der Waals surface area contributed by atoms with Crippen LogP contribution in [0.3, 0.4) is 0 Å². The third-order valence-electron chi connectivity index (χ3n) is 4.87. The average Bonchev–Trinajstić information content (AvgIpc) is 2.85. The highest BCUT2D eigenvalue weighted by Gasteiger charge is 2.19. The molecule has 0 aliphatic rings. The lowest BCUT2D eigenvalue weighted by Gasteiger charge is -2.13. The molecule has 0 bridgehead atoms. The molecule has 0 saturated heterocycles. The molecule has 3 aromatic carbocycles. The molecule has 34 heavy (non-hydrogen) atoms. The summed E-state index contributed by atoms with van der Waals surface area (Å²) < 4.78 is 17.3. The van der Waals surface area contributed by atoms with Crippen molar-refractivity contribution in [2.24, 2.45) is 5.10 Å². The van der Waals surface area contributed by atoms with Crippen LogP contribution in [0.5, 0.6) is 17.2 Å². The lowest BCUT2D eigenvalue weighted by molar-refractivity contribution is -0.121. The Balaban J connectivity index is 1.57. The molecule has 174 valence electrons. The minimum Gasteiger partial charge on any atom is -0.490 e. The van der Waals surface area contributed by atoms with Crippen molar-refractivity contribution in [2.45, 2.75) is 19.8 Å². The number of benzene rings is 3. The second-order valence-corrected chi connectivity index (χ2v) is 7.31. The first-order valence-electron chi connectivity index (χ1n) is 11.0. The molecule has 0 heterocycles. The molecule has 0 aliphatic heterocycles. The van der Waals surface area contributed by atoms with Gasteiger partial charge in [0.15, 0.2) is 17.4 Å². The molecule has 0 aliphatic carbocycles. The Hall–Kier alpha value is -4.31. The van der Waals surface area contributed by atoms with Gasteiger partial charge in [-0.1, -0.05) is 48.5 Å².